The minimum atomic E-state index is -3.85. The van der Waals surface area contributed by atoms with Crippen LogP contribution in [0.5, 0.6) is 11.5 Å². The molecule has 0 spiro atoms. The molecule has 0 bridgehead atoms. The molecule has 7 nitrogen and oxygen atoms in total. The fourth-order valence-electron chi connectivity index (χ4n) is 1.67. The molecule has 120 valence electrons. The van der Waals surface area contributed by atoms with Crippen molar-refractivity contribution in [2.24, 2.45) is 0 Å². The minimum absolute atomic E-state index is 0.0179. The summed E-state index contributed by atoms with van der Waals surface area (Å²) in [7, 11) is -0.979. The summed E-state index contributed by atoms with van der Waals surface area (Å²) < 4.78 is 37.6. The molecule has 0 unspecified atom stereocenters. The molecule has 1 aromatic carbocycles. The number of nitrogens with one attached hydrogen (secondary N) is 1. The molecule has 0 aliphatic rings. The molecular weight excluding hydrogens is 326 g/mol. The lowest BCUT2D eigenvalue weighted by Crippen LogP contribution is -2.14. The van der Waals surface area contributed by atoms with Gasteiger partial charge in [-0.15, -0.1) is 10.2 Å². The molecule has 0 radical (unpaired) electrons. The summed E-state index contributed by atoms with van der Waals surface area (Å²) in [5.41, 5.74) is 0. The second-order valence-corrected chi connectivity index (χ2v) is 7.38. The van der Waals surface area contributed by atoms with Gasteiger partial charge in [0.25, 0.3) is 10.0 Å². The van der Waals surface area contributed by atoms with Gasteiger partial charge in [-0.05, 0) is 12.1 Å². The maximum Gasteiger partial charge on any atom is 0.267 e. The molecule has 1 aromatic heterocycles. The number of anilines is 1. The molecule has 0 aliphatic carbocycles. The first-order valence-electron chi connectivity index (χ1n) is 6.45. The zero-order chi connectivity index (χ0) is 16.3. The highest BCUT2D eigenvalue weighted by molar-refractivity contribution is 7.93. The van der Waals surface area contributed by atoms with E-state index in [0.29, 0.717) is 5.75 Å². The first kappa shape index (κ1) is 16.5. The van der Waals surface area contributed by atoms with Crippen molar-refractivity contribution in [1.29, 1.82) is 0 Å². The summed E-state index contributed by atoms with van der Waals surface area (Å²) in [6.45, 7) is 3.92. The first-order valence-corrected chi connectivity index (χ1v) is 8.75. The van der Waals surface area contributed by atoms with Crippen LogP contribution in [0.1, 0.15) is 24.8 Å². The molecule has 0 saturated carbocycles. The molecule has 0 amide bonds. The molecule has 2 aromatic rings. The standard InChI is InChI=1S/C13H17N3O4S2/c1-8(2)12-14-15-13(21-12)16-22(17,18)11-7-9(19-3)5-6-10(11)20-4/h5-8H,1-4H3,(H,15,16). The number of sulfonamides is 1. The summed E-state index contributed by atoms with van der Waals surface area (Å²) in [6, 6.07) is 4.55. The van der Waals surface area contributed by atoms with Gasteiger partial charge in [0.05, 0.1) is 14.2 Å². The minimum Gasteiger partial charge on any atom is -0.497 e. The van der Waals surface area contributed by atoms with E-state index in [0.717, 1.165) is 5.01 Å². The van der Waals surface area contributed by atoms with Gasteiger partial charge in [0, 0.05) is 12.0 Å². The number of nitrogens with zero attached hydrogens (tertiary/aromatic N) is 2. The second kappa shape index (κ2) is 6.49. The van der Waals surface area contributed by atoms with Gasteiger partial charge in [0.1, 0.15) is 21.4 Å². The van der Waals surface area contributed by atoms with Gasteiger partial charge in [-0.3, -0.25) is 4.72 Å². The normalized spacial score (nSPS) is 11.5. The van der Waals surface area contributed by atoms with Gasteiger partial charge in [-0.25, -0.2) is 8.42 Å². The predicted molar refractivity (Wildman–Crippen MR) is 84.4 cm³/mol. The predicted octanol–water partition coefficient (Wildman–Crippen LogP) is 2.48. The van der Waals surface area contributed by atoms with Crippen molar-refractivity contribution in [3.8, 4) is 11.5 Å². The molecule has 1 heterocycles. The van der Waals surface area contributed by atoms with Crippen molar-refractivity contribution >= 4 is 26.5 Å². The Morgan fingerprint density at radius 3 is 2.45 bits per heavy atom. The Labute approximate surface area is 133 Å². The third-order valence-electron chi connectivity index (χ3n) is 2.82. The van der Waals surface area contributed by atoms with E-state index in [-0.39, 0.29) is 21.7 Å². The smallest absolute Gasteiger partial charge is 0.267 e. The highest BCUT2D eigenvalue weighted by atomic mass is 32.2. The van der Waals surface area contributed by atoms with Crippen LogP contribution in [0.3, 0.4) is 0 Å². The van der Waals surface area contributed by atoms with Crippen LogP contribution in [0.2, 0.25) is 0 Å². The average Bonchev–Trinajstić information content (AvgIpc) is 2.94. The lowest BCUT2D eigenvalue weighted by molar-refractivity contribution is 0.392. The number of hydrogen-bond donors (Lipinski definition) is 1. The number of aromatic nitrogens is 2. The van der Waals surface area contributed by atoms with Gasteiger partial charge in [0.2, 0.25) is 5.13 Å². The molecule has 0 atom stereocenters. The fourth-order valence-corrected chi connectivity index (χ4v) is 3.83. The van der Waals surface area contributed by atoms with Gasteiger partial charge < -0.3 is 9.47 Å². The SMILES string of the molecule is COc1ccc(OC)c(S(=O)(=O)Nc2nnc(C(C)C)s2)c1. The van der Waals surface area contributed by atoms with Crippen molar-refractivity contribution in [2.45, 2.75) is 24.7 Å². The number of benzene rings is 1. The van der Waals surface area contributed by atoms with E-state index in [1.165, 1.54) is 37.7 Å². The van der Waals surface area contributed by atoms with E-state index in [9.17, 15) is 8.42 Å². The fraction of sp³-hybridized carbons (Fsp3) is 0.385. The van der Waals surface area contributed by atoms with Crippen LogP contribution in [0, 0.1) is 0 Å². The Morgan fingerprint density at radius 2 is 1.91 bits per heavy atom. The Balaban J connectivity index is 2.37. The molecule has 2 rings (SSSR count). The van der Waals surface area contributed by atoms with Crippen molar-refractivity contribution in [2.75, 3.05) is 18.9 Å². The van der Waals surface area contributed by atoms with Gasteiger partial charge >= 0.3 is 0 Å². The average molecular weight is 343 g/mol. The lowest BCUT2D eigenvalue weighted by atomic mass is 10.2. The maximum atomic E-state index is 12.5. The number of rotatable bonds is 6. The Morgan fingerprint density at radius 1 is 1.18 bits per heavy atom. The van der Waals surface area contributed by atoms with Crippen molar-refractivity contribution in [3.63, 3.8) is 0 Å². The molecule has 22 heavy (non-hydrogen) atoms. The van der Waals surface area contributed by atoms with E-state index in [1.54, 1.807) is 6.07 Å². The van der Waals surface area contributed by atoms with Crippen LogP contribution < -0.4 is 14.2 Å². The first-order chi connectivity index (χ1) is 10.4. The monoisotopic (exact) mass is 343 g/mol. The zero-order valence-corrected chi connectivity index (χ0v) is 14.3. The summed E-state index contributed by atoms with van der Waals surface area (Å²) >= 11 is 1.20. The number of methoxy groups -OCH3 is 2. The van der Waals surface area contributed by atoms with Gasteiger partial charge in [0.15, 0.2) is 0 Å². The van der Waals surface area contributed by atoms with Crippen LogP contribution in [-0.4, -0.2) is 32.8 Å². The van der Waals surface area contributed by atoms with Crippen molar-refractivity contribution in [1.82, 2.24) is 10.2 Å². The Hall–Kier alpha value is -1.87. The van der Waals surface area contributed by atoms with Gasteiger partial charge in [-0.2, -0.15) is 0 Å². The van der Waals surface area contributed by atoms with E-state index in [2.05, 4.69) is 14.9 Å². The maximum absolute atomic E-state index is 12.5. The zero-order valence-electron chi connectivity index (χ0n) is 12.7. The lowest BCUT2D eigenvalue weighted by Gasteiger charge is -2.11. The highest BCUT2D eigenvalue weighted by Gasteiger charge is 2.22. The van der Waals surface area contributed by atoms with Crippen molar-refractivity contribution in [3.05, 3.63) is 23.2 Å². The third-order valence-corrected chi connectivity index (χ3v) is 5.45. The van der Waals surface area contributed by atoms with E-state index < -0.39 is 10.0 Å². The van der Waals surface area contributed by atoms with Crippen LogP contribution in [0.15, 0.2) is 23.1 Å². The Bertz CT molecular complexity index is 756. The molecule has 0 saturated heterocycles. The van der Waals surface area contributed by atoms with Crippen molar-refractivity contribution < 1.29 is 17.9 Å². The molecule has 1 N–H and O–H groups in total. The second-order valence-electron chi connectivity index (χ2n) is 4.72. The summed E-state index contributed by atoms with van der Waals surface area (Å²) in [5.74, 6) is 0.824. The van der Waals surface area contributed by atoms with E-state index >= 15 is 0 Å². The topological polar surface area (TPSA) is 90.4 Å². The van der Waals surface area contributed by atoms with Crippen LogP contribution in [0.4, 0.5) is 5.13 Å². The summed E-state index contributed by atoms with van der Waals surface area (Å²) in [5, 5.41) is 8.78. The molecular formula is C13H17N3O4S2. The Kier molecular flexibility index (Phi) is 4.87. The van der Waals surface area contributed by atoms with Crippen LogP contribution in [0.25, 0.3) is 0 Å². The van der Waals surface area contributed by atoms with Crippen LogP contribution in [-0.2, 0) is 10.0 Å². The molecule has 0 fully saturated rings. The molecule has 0 aliphatic heterocycles. The highest BCUT2D eigenvalue weighted by Crippen LogP contribution is 2.31. The van der Waals surface area contributed by atoms with E-state index in [4.69, 9.17) is 9.47 Å². The number of hydrogen-bond acceptors (Lipinski definition) is 7. The van der Waals surface area contributed by atoms with E-state index in [1.807, 2.05) is 13.8 Å². The third kappa shape index (κ3) is 3.47. The van der Waals surface area contributed by atoms with Gasteiger partial charge in [-0.1, -0.05) is 25.2 Å². The summed E-state index contributed by atoms with van der Waals surface area (Å²) in [4.78, 5) is -0.0179. The summed E-state index contributed by atoms with van der Waals surface area (Å²) in [6.07, 6.45) is 0. The molecule has 9 heteroatoms. The largest absolute Gasteiger partial charge is 0.497 e. The van der Waals surface area contributed by atoms with Crippen LogP contribution >= 0.6 is 11.3 Å². The number of ether oxygens (including phenoxy) is 2. The quantitative estimate of drug-likeness (QED) is 0.866.